The van der Waals surface area contributed by atoms with E-state index in [2.05, 4.69) is 40.0 Å². The molecular formula is C18H23N5O2. The molecule has 2 aromatic rings. The summed E-state index contributed by atoms with van der Waals surface area (Å²) in [5.74, 6) is 0.475. The highest BCUT2D eigenvalue weighted by Crippen LogP contribution is 2.31. The first-order valence-corrected chi connectivity index (χ1v) is 8.64. The highest BCUT2D eigenvalue weighted by molar-refractivity contribution is 5.82. The van der Waals surface area contributed by atoms with Crippen molar-refractivity contribution in [1.82, 2.24) is 9.55 Å². The topological polar surface area (TPSA) is 85.3 Å². The fraction of sp³-hybridized carbons (Fsp3) is 0.444. The number of anilines is 1. The Morgan fingerprint density at radius 3 is 2.72 bits per heavy atom. The molecular weight excluding hydrogens is 318 g/mol. The summed E-state index contributed by atoms with van der Waals surface area (Å²) in [6, 6.07) is 5.69. The lowest BCUT2D eigenvalue weighted by molar-refractivity contribution is -0.385. The lowest BCUT2D eigenvalue weighted by Crippen LogP contribution is -2.15. The number of nitrogens with one attached hydrogen (secondary N) is 1. The zero-order valence-electron chi connectivity index (χ0n) is 14.6. The number of hydrazone groups is 1. The lowest BCUT2D eigenvalue weighted by atomic mass is 9.95. The zero-order valence-corrected chi connectivity index (χ0v) is 14.6. The van der Waals surface area contributed by atoms with E-state index in [-0.39, 0.29) is 5.69 Å². The standard InChI is InChI=1S/C18H23N5O2/c1-13-10-15(14(2)22(13)16-6-4-3-5-7-16)11-20-21-18-9-8-17(12-19-18)23(24)25/h8-12,16H,3-7H2,1-2H3,(H,19,21)/b20-11-. The van der Waals surface area contributed by atoms with Crippen molar-refractivity contribution in [2.24, 2.45) is 5.10 Å². The average Bonchev–Trinajstić information content (AvgIpc) is 2.90. The van der Waals surface area contributed by atoms with Crippen LogP contribution >= 0.6 is 0 Å². The van der Waals surface area contributed by atoms with Crippen LogP contribution in [-0.4, -0.2) is 20.7 Å². The molecule has 0 amide bonds. The molecule has 1 fully saturated rings. The Labute approximate surface area is 146 Å². The first-order valence-electron chi connectivity index (χ1n) is 8.64. The van der Waals surface area contributed by atoms with Gasteiger partial charge in [0.1, 0.15) is 12.0 Å². The van der Waals surface area contributed by atoms with Crippen LogP contribution in [0.4, 0.5) is 11.5 Å². The fourth-order valence-electron chi connectivity index (χ4n) is 3.56. The van der Waals surface area contributed by atoms with Crippen LogP contribution in [-0.2, 0) is 0 Å². The van der Waals surface area contributed by atoms with Crippen molar-refractivity contribution in [2.45, 2.75) is 52.0 Å². The fourth-order valence-corrected chi connectivity index (χ4v) is 3.56. The third-order valence-electron chi connectivity index (χ3n) is 4.80. The molecule has 2 aromatic heterocycles. The molecule has 0 spiro atoms. The number of nitrogens with zero attached hydrogens (tertiary/aromatic N) is 4. The lowest BCUT2D eigenvalue weighted by Gasteiger charge is -2.26. The van der Waals surface area contributed by atoms with E-state index in [1.165, 1.54) is 55.8 Å². The summed E-state index contributed by atoms with van der Waals surface area (Å²) in [4.78, 5) is 14.1. The number of rotatable bonds is 5. The number of aromatic nitrogens is 2. The number of nitro groups is 1. The first-order chi connectivity index (χ1) is 12.1. The summed E-state index contributed by atoms with van der Waals surface area (Å²) < 4.78 is 2.44. The van der Waals surface area contributed by atoms with Gasteiger partial charge < -0.3 is 4.57 Å². The first kappa shape index (κ1) is 17.1. The largest absolute Gasteiger partial charge is 0.345 e. The number of hydrogen-bond donors (Lipinski definition) is 1. The molecule has 132 valence electrons. The molecule has 1 saturated carbocycles. The van der Waals surface area contributed by atoms with E-state index >= 15 is 0 Å². The van der Waals surface area contributed by atoms with Gasteiger partial charge in [0.15, 0.2) is 0 Å². The third-order valence-corrected chi connectivity index (χ3v) is 4.80. The Hall–Kier alpha value is -2.70. The maximum atomic E-state index is 10.6. The minimum absolute atomic E-state index is 0.0365. The molecule has 1 N–H and O–H groups in total. The third kappa shape index (κ3) is 3.87. The van der Waals surface area contributed by atoms with Crippen LogP contribution in [0.1, 0.15) is 55.1 Å². The molecule has 2 heterocycles. The summed E-state index contributed by atoms with van der Waals surface area (Å²) in [5.41, 5.74) is 6.36. The molecule has 0 atom stereocenters. The highest BCUT2D eigenvalue weighted by Gasteiger charge is 2.19. The van der Waals surface area contributed by atoms with E-state index in [1.807, 2.05) is 0 Å². The average molecular weight is 341 g/mol. The second kappa shape index (κ2) is 7.46. The second-order valence-electron chi connectivity index (χ2n) is 6.52. The number of aryl methyl sites for hydroxylation is 1. The van der Waals surface area contributed by atoms with Crippen molar-refractivity contribution in [3.8, 4) is 0 Å². The van der Waals surface area contributed by atoms with Gasteiger partial charge in [0.25, 0.3) is 5.69 Å². The van der Waals surface area contributed by atoms with Crippen LogP contribution in [0.25, 0.3) is 0 Å². The van der Waals surface area contributed by atoms with E-state index in [4.69, 9.17) is 0 Å². The van der Waals surface area contributed by atoms with Gasteiger partial charge in [-0.25, -0.2) is 4.98 Å². The molecule has 1 aliphatic carbocycles. The summed E-state index contributed by atoms with van der Waals surface area (Å²) in [5, 5.41) is 14.9. The van der Waals surface area contributed by atoms with Crippen LogP contribution in [0.5, 0.6) is 0 Å². The van der Waals surface area contributed by atoms with Crippen molar-refractivity contribution in [3.05, 3.63) is 51.5 Å². The smallest absolute Gasteiger partial charge is 0.287 e. The van der Waals surface area contributed by atoms with Gasteiger partial charge in [0.2, 0.25) is 0 Å². The monoisotopic (exact) mass is 341 g/mol. The minimum Gasteiger partial charge on any atom is -0.345 e. The summed E-state index contributed by atoms with van der Waals surface area (Å²) in [6.07, 6.45) is 9.45. The van der Waals surface area contributed by atoms with Gasteiger partial charge >= 0.3 is 0 Å². The maximum absolute atomic E-state index is 10.6. The zero-order chi connectivity index (χ0) is 17.8. The second-order valence-corrected chi connectivity index (χ2v) is 6.52. The Morgan fingerprint density at radius 1 is 1.32 bits per heavy atom. The van der Waals surface area contributed by atoms with Crippen LogP contribution in [0.15, 0.2) is 29.5 Å². The van der Waals surface area contributed by atoms with Crippen LogP contribution in [0.3, 0.4) is 0 Å². The van der Waals surface area contributed by atoms with Crippen LogP contribution in [0.2, 0.25) is 0 Å². The Kier molecular flexibility index (Phi) is 5.11. The van der Waals surface area contributed by atoms with Gasteiger partial charge in [-0.05, 0) is 38.8 Å². The van der Waals surface area contributed by atoms with Gasteiger partial charge in [-0.2, -0.15) is 5.10 Å². The SMILES string of the molecule is Cc1cc(/C=N\Nc2ccc([N+](=O)[O-])cn2)c(C)n1C1CCCCC1. The van der Waals surface area contributed by atoms with Crippen LogP contribution < -0.4 is 5.43 Å². The van der Waals surface area contributed by atoms with Gasteiger partial charge in [-0.1, -0.05) is 19.3 Å². The van der Waals surface area contributed by atoms with E-state index in [1.54, 1.807) is 12.3 Å². The highest BCUT2D eigenvalue weighted by atomic mass is 16.6. The predicted molar refractivity (Wildman–Crippen MR) is 98.1 cm³/mol. The molecule has 0 aromatic carbocycles. The molecule has 3 rings (SSSR count). The van der Waals surface area contributed by atoms with Gasteiger partial charge in [0, 0.05) is 29.1 Å². The molecule has 0 saturated heterocycles. The normalized spacial score (nSPS) is 15.6. The Balaban J connectivity index is 1.70. The predicted octanol–water partition coefficient (Wildman–Crippen LogP) is 4.36. The molecule has 7 heteroatoms. The Morgan fingerprint density at radius 2 is 2.08 bits per heavy atom. The summed E-state index contributed by atoms with van der Waals surface area (Å²) >= 11 is 0. The molecule has 7 nitrogen and oxygen atoms in total. The van der Waals surface area contributed by atoms with Crippen molar-refractivity contribution < 1.29 is 4.92 Å². The van der Waals surface area contributed by atoms with E-state index in [0.717, 1.165) is 5.56 Å². The molecule has 25 heavy (non-hydrogen) atoms. The molecule has 0 unspecified atom stereocenters. The van der Waals surface area contributed by atoms with E-state index < -0.39 is 4.92 Å². The van der Waals surface area contributed by atoms with Crippen molar-refractivity contribution >= 4 is 17.7 Å². The van der Waals surface area contributed by atoms with Gasteiger partial charge in [-0.15, -0.1) is 0 Å². The van der Waals surface area contributed by atoms with Crippen molar-refractivity contribution in [3.63, 3.8) is 0 Å². The van der Waals surface area contributed by atoms with E-state index in [0.29, 0.717) is 11.9 Å². The van der Waals surface area contributed by atoms with Crippen molar-refractivity contribution in [1.29, 1.82) is 0 Å². The van der Waals surface area contributed by atoms with Crippen molar-refractivity contribution in [2.75, 3.05) is 5.43 Å². The molecule has 0 bridgehead atoms. The molecule has 0 radical (unpaired) electrons. The van der Waals surface area contributed by atoms with Crippen LogP contribution in [0, 0.1) is 24.0 Å². The minimum atomic E-state index is -0.472. The van der Waals surface area contributed by atoms with E-state index in [9.17, 15) is 10.1 Å². The Bertz CT molecular complexity index is 774. The molecule has 0 aliphatic heterocycles. The maximum Gasteiger partial charge on any atom is 0.287 e. The summed E-state index contributed by atoms with van der Waals surface area (Å²) in [7, 11) is 0. The number of pyridine rings is 1. The quantitative estimate of drug-likeness (QED) is 0.497. The summed E-state index contributed by atoms with van der Waals surface area (Å²) in [6.45, 7) is 4.28. The van der Waals surface area contributed by atoms with Gasteiger partial charge in [-0.3, -0.25) is 15.5 Å². The number of hydrogen-bond acceptors (Lipinski definition) is 5. The molecule has 1 aliphatic rings. The van der Waals surface area contributed by atoms with Gasteiger partial charge in [0.05, 0.1) is 11.1 Å².